The number of amides is 1. The number of hydrogen-bond donors (Lipinski definition) is 1. The second-order valence-electron chi connectivity index (χ2n) is 9.13. The predicted molar refractivity (Wildman–Crippen MR) is 149 cm³/mol. The average Bonchev–Trinajstić information content (AvgIpc) is 3.23. The largest absolute Gasteiger partial charge is 0.507 e. The minimum absolute atomic E-state index is 0.00497. The maximum absolute atomic E-state index is 13.4. The highest BCUT2D eigenvalue weighted by Gasteiger charge is 2.47. The summed E-state index contributed by atoms with van der Waals surface area (Å²) >= 11 is 0. The fourth-order valence-electron chi connectivity index (χ4n) is 4.70. The zero-order valence-electron chi connectivity index (χ0n) is 21.7. The van der Waals surface area contributed by atoms with Crippen LogP contribution in [0.5, 0.6) is 11.5 Å². The summed E-state index contributed by atoms with van der Waals surface area (Å²) < 4.78 is 11.6. The maximum atomic E-state index is 13.4. The lowest BCUT2D eigenvalue weighted by molar-refractivity contribution is -0.132. The fourth-order valence-corrected chi connectivity index (χ4v) is 4.70. The first-order chi connectivity index (χ1) is 19.0. The third-order valence-electron chi connectivity index (χ3n) is 6.56. The van der Waals surface area contributed by atoms with Gasteiger partial charge in [-0.25, -0.2) is 0 Å². The zero-order valence-corrected chi connectivity index (χ0v) is 21.7. The molecule has 1 N–H and O–H groups in total. The van der Waals surface area contributed by atoms with Crippen LogP contribution in [0.1, 0.15) is 35.2 Å². The third kappa shape index (κ3) is 5.25. The van der Waals surface area contributed by atoms with Crippen LogP contribution in [0.25, 0.3) is 5.76 Å². The molecule has 4 aromatic rings. The molecule has 1 fully saturated rings. The number of benzene rings is 3. The molecule has 1 unspecified atom stereocenters. The van der Waals surface area contributed by atoms with Crippen LogP contribution in [0.15, 0.2) is 103 Å². The van der Waals surface area contributed by atoms with Crippen LogP contribution in [0.3, 0.4) is 0 Å². The standard InChI is InChI=1S/C32H28N2O5/c1-3-38-26-11-7-10-25(19-26)34-29(23-14-16-33-17-15-23)28(31(36)32(34)37)30(35)24-12-13-27(21(2)18-24)39-20-22-8-5-4-6-9-22/h4-19,29,35H,3,20H2,1-2H3/b30-28+. The Balaban J connectivity index is 1.54. The van der Waals surface area contributed by atoms with Crippen molar-refractivity contribution in [2.75, 3.05) is 11.5 Å². The molecule has 1 aromatic heterocycles. The van der Waals surface area contributed by atoms with Gasteiger partial charge >= 0.3 is 0 Å². The van der Waals surface area contributed by atoms with E-state index in [9.17, 15) is 14.7 Å². The minimum Gasteiger partial charge on any atom is -0.507 e. The molecule has 1 aliphatic heterocycles. The zero-order chi connectivity index (χ0) is 27.4. The monoisotopic (exact) mass is 520 g/mol. The van der Waals surface area contributed by atoms with Crippen molar-refractivity contribution in [3.05, 3.63) is 125 Å². The summed E-state index contributed by atoms with van der Waals surface area (Å²) in [5.74, 6) is -0.512. The van der Waals surface area contributed by atoms with Gasteiger partial charge in [0.1, 0.15) is 23.9 Å². The molecule has 1 saturated heterocycles. The first-order valence-corrected chi connectivity index (χ1v) is 12.7. The molecule has 5 rings (SSSR count). The van der Waals surface area contributed by atoms with Crippen LogP contribution in [-0.4, -0.2) is 28.4 Å². The summed E-state index contributed by atoms with van der Waals surface area (Å²) in [4.78, 5) is 32.3. The molecule has 1 amide bonds. The number of Topliss-reactive ketones (excluding diaryl/α,β-unsaturated/α-hetero) is 1. The van der Waals surface area contributed by atoms with Crippen molar-refractivity contribution in [3.63, 3.8) is 0 Å². The molecule has 0 radical (unpaired) electrons. The van der Waals surface area contributed by atoms with Crippen molar-refractivity contribution in [3.8, 4) is 11.5 Å². The van der Waals surface area contributed by atoms with Crippen molar-refractivity contribution in [2.24, 2.45) is 0 Å². The number of hydrogen-bond acceptors (Lipinski definition) is 6. The van der Waals surface area contributed by atoms with Gasteiger partial charge in [0.25, 0.3) is 11.7 Å². The van der Waals surface area contributed by atoms with Crippen LogP contribution in [-0.2, 0) is 16.2 Å². The Kier molecular flexibility index (Phi) is 7.41. The van der Waals surface area contributed by atoms with Crippen molar-refractivity contribution in [1.82, 2.24) is 4.98 Å². The number of aliphatic hydroxyl groups excluding tert-OH is 1. The molecule has 0 spiro atoms. The van der Waals surface area contributed by atoms with E-state index in [0.29, 0.717) is 41.5 Å². The fraction of sp³-hybridized carbons (Fsp3) is 0.156. The Hall–Kier alpha value is -4.91. The minimum atomic E-state index is -0.848. The van der Waals surface area contributed by atoms with Crippen LogP contribution in [0.2, 0.25) is 0 Å². The van der Waals surface area contributed by atoms with Crippen LogP contribution in [0, 0.1) is 6.92 Å². The van der Waals surface area contributed by atoms with Crippen LogP contribution < -0.4 is 14.4 Å². The second-order valence-corrected chi connectivity index (χ2v) is 9.13. The molecule has 3 aromatic carbocycles. The Morgan fingerprint density at radius 2 is 1.69 bits per heavy atom. The summed E-state index contributed by atoms with van der Waals surface area (Å²) in [5, 5.41) is 11.5. The summed E-state index contributed by atoms with van der Waals surface area (Å²) in [5.41, 5.74) is 3.38. The smallest absolute Gasteiger partial charge is 0.300 e. The van der Waals surface area contributed by atoms with Gasteiger partial charge in [0.2, 0.25) is 0 Å². The lowest BCUT2D eigenvalue weighted by Gasteiger charge is -2.25. The highest BCUT2D eigenvalue weighted by molar-refractivity contribution is 6.51. The molecule has 7 heteroatoms. The molecule has 0 aliphatic carbocycles. The quantitative estimate of drug-likeness (QED) is 0.174. The van der Waals surface area contributed by atoms with Crippen molar-refractivity contribution >= 4 is 23.1 Å². The molecule has 39 heavy (non-hydrogen) atoms. The van der Waals surface area contributed by atoms with E-state index in [1.165, 1.54) is 4.90 Å². The number of aryl methyl sites for hydroxylation is 1. The first-order valence-electron chi connectivity index (χ1n) is 12.7. The number of ketones is 1. The molecule has 196 valence electrons. The molecule has 0 saturated carbocycles. The Labute approximate surface area is 227 Å². The molecule has 1 atom stereocenters. The lowest BCUT2D eigenvalue weighted by atomic mass is 9.95. The van der Waals surface area contributed by atoms with Gasteiger partial charge in [-0.15, -0.1) is 0 Å². The Morgan fingerprint density at radius 1 is 0.923 bits per heavy atom. The second kappa shape index (κ2) is 11.2. The highest BCUT2D eigenvalue weighted by atomic mass is 16.5. The lowest BCUT2D eigenvalue weighted by Crippen LogP contribution is -2.29. The number of anilines is 1. The SMILES string of the molecule is CCOc1cccc(N2C(=O)C(=O)/C(=C(/O)c3ccc(OCc4ccccc4)c(C)c3)C2c2ccncc2)c1. The summed E-state index contributed by atoms with van der Waals surface area (Å²) in [6, 6.07) is 24.6. The van der Waals surface area contributed by atoms with E-state index in [2.05, 4.69) is 4.98 Å². The number of pyridine rings is 1. The van der Waals surface area contributed by atoms with E-state index in [0.717, 1.165) is 11.1 Å². The summed E-state index contributed by atoms with van der Waals surface area (Å²) in [6.07, 6.45) is 3.18. The van der Waals surface area contributed by atoms with Gasteiger partial charge in [0.05, 0.1) is 18.2 Å². The first kappa shape index (κ1) is 25.7. The number of aromatic nitrogens is 1. The summed E-state index contributed by atoms with van der Waals surface area (Å²) in [7, 11) is 0. The van der Waals surface area contributed by atoms with Gasteiger partial charge in [-0.1, -0.05) is 36.4 Å². The van der Waals surface area contributed by atoms with Crippen molar-refractivity contribution < 1.29 is 24.2 Å². The maximum Gasteiger partial charge on any atom is 0.300 e. The molecule has 0 bridgehead atoms. The molecule has 7 nitrogen and oxygen atoms in total. The van der Waals surface area contributed by atoms with Crippen molar-refractivity contribution in [1.29, 1.82) is 0 Å². The molecular weight excluding hydrogens is 492 g/mol. The normalized spacial score (nSPS) is 16.4. The van der Waals surface area contributed by atoms with Crippen LogP contribution >= 0.6 is 0 Å². The Bertz CT molecular complexity index is 1530. The number of aliphatic hydroxyl groups is 1. The number of nitrogens with zero attached hydrogens (tertiary/aromatic N) is 2. The number of carbonyl (C=O) groups excluding carboxylic acids is 2. The van der Waals surface area contributed by atoms with Gasteiger partial charge in [0.15, 0.2) is 0 Å². The average molecular weight is 521 g/mol. The third-order valence-corrected chi connectivity index (χ3v) is 6.56. The molecule has 2 heterocycles. The van der Waals surface area contributed by atoms with Crippen molar-refractivity contribution in [2.45, 2.75) is 26.5 Å². The highest BCUT2D eigenvalue weighted by Crippen LogP contribution is 2.43. The van der Waals surface area contributed by atoms with E-state index in [1.807, 2.05) is 44.2 Å². The van der Waals surface area contributed by atoms with Gasteiger partial charge in [0, 0.05) is 29.7 Å². The number of carbonyl (C=O) groups is 2. The number of rotatable bonds is 8. The van der Waals surface area contributed by atoms with E-state index in [-0.39, 0.29) is 11.3 Å². The summed E-state index contributed by atoms with van der Waals surface area (Å²) in [6.45, 7) is 4.60. The number of ether oxygens (including phenoxy) is 2. The predicted octanol–water partition coefficient (Wildman–Crippen LogP) is 5.99. The van der Waals surface area contributed by atoms with E-state index in [1.54, 1.807) is 67.0 Å². The molecular formula is C32H28N2O5. The van der Waals surface area contributed by atoms with E-state index >= 15 is 0 Å². The molecule has 1 aliphatic rings. The van der Waals surface area contributed by atoms with Gasteiger partial charge in [-0.05, 0) is 73.0 Å². The Morgan fingerprint density at radius 3 is 2.41 bits per heavy atom. The van der Waals surface area contributed by atoms with E-state index < -0.39 is 17.7 Å². The van der Waals surface area contributed by atoms with Gasteiger partial charge in [-0.3, -0.25) is 19.5 Å². The van der Waals surface area contributed by atoms with Gasteiger partial charge < -0.3 is 14.6 Å². The van der Waals surface area contributed by atoms with Gasteiger partial charge in [-0.2, -0.15) is 0 Å². The van der Waals surface area contributed by atoms with E-state index in [4.69, 9.17) is 9.47 Å². The topological polar surface area (TPSA) is 89.0 Å². The van der Waals surface area contributed by atoms with Crippen LogP contribution in [0.4, 0.5) is 5.69 Å².